The highest BCUT2D eigenvalue weighted by atomic mass is 16.3. The van der Waals surface area contributed by atoms with Crippen molar-refractivity contribution in [1.29, 1.82) is 0 Å². The molecule has 3 heteroatoms. The van der Waals surface area contributed by atoms with Crippen LogP contribution in [0.15, 0.2) is 36.4 Å². The highest BCUT2D eigenvalue weighted by Crippen LogP contribution is 2.46. The Kier molecular flexibility index (Phi) is 1.60. The fraction of sp³-hybridized carbons (Fsp3) is 0. The van der Waals surface area contributed by atoms with Gasteiger partial charge in [-0.1, -0.05) is 24.3 Å². The lowest BCUT2D eigenvalue weighted by molar-refractivity contribution is 0.104. The third-order valence-electron chi connectivity index (χ3n) is 2.82. The second-order valence-corrected chi connectivity index (χ2v) is 3.73. The monoisotopic (exact) mass is 212 g/mol. The number of rotatable bonds is 0. The summed E-state index contributed by atoms with van der Waals surface area (Å²) in [6.45, 7) is 0. The predicted molar refractivity (Wildman–Crippen MR) is 58.6 cm³/mol. The number of carbonyl (C=O) groups excluding carboxylic acids is 1. The largest absolute Gasteiger partial charge is 0.507 e. The van der Waals surface area contributed by atoms with Crippen molar-refractivity contribution in [2.75, 3.05) is 0 Å². The van der Waals surface area contributed by atoms with E-state index < -0.39 is 0 Å². The van der Waals surface area contributed by atoms with Gasteiger partial charge in [0.2, 0.25) is 0 Å². The van der Waals surface area contributed by atoms with Crippen molar-refractivity contribution >= 4 is 5.78 Å². The molecule has 0 unspecified atom stereocenters. The Labute approximate surface area is 91.6 Å². The van der Waals surface area contributed by atoms with Crippen LogP contribution in [0.1, 0.15) is 15.9 Å². The minimum atomic E-state index is -0.156. The molecular weight excluding hydrogens is 204 g/mol. The van der Waals surface area contributed by atoms with Gasteiger partial charge in [-0.15, -0.1) is 0 Å². The molecule has 0 spiro atoms. The van der Waals surface area contributed by atoms with Gasteiger partial charge in [-0.25, -0.2) is 0 Å². The summed E-state index contributed by atoms with van der Waals surface area (Å²) in [5, 5.41) is 19.5. The fourth-order valence-electron chi connectivity index (χ4n) is 2.13. The van der Waals surface area contributed by atoms with Crippen LogP contribution in [0.4, 0.5) is 0 Å². The van der Waals surface area contributed by atoms with Gasteiger partial charge in [0.25, 0.3) is 0 Å². The number of hydrogen-bond acceptors (Lipinski definition) is 3. The average Bonchev–Trinajstić information content (AvgIpc) is 2.56. The van der Waals surface area contributed by atoms with E-state index in [1.165, 1.54) is 12.1 Å². The maximum Gasteiger partial charge on any atom is 0.194 e. The predicted octanol–water partition coefficient (Wildman–Crippen LogP) is 2.31. The SMILES string of the molecule is O=C1c2cccc(O)c2-c2c(O)cccc21. The van der Waals surface area contributed by atoms with Crippen LogP contribution in [0.3, 0.4) is 0 Å². The summed E-state index contributed by atoms with van der Waals surface area (Å²) in [7, 11) is 0. The molecule has 1 aliphatic rings. The van der Waals surface area contributed by atoms with Crippen molar-refractivity contribution in [3.05, 3.63) is 47.5 Å². The summed E-state index contributed by atoms with van der Waals surface area (Å²) >= 11 is 0. The van der Waals surface area contributed by atoms with E-state index in [1.54, 1.807) is 24.3 Å². The van der Waals surface area contributed by atoms with E-state index in [0.717, 1.165) is 0 Å². The lowest BCUT2D eigenvalue weighted by atomic mass is 10.0. The first-order valence-electron chi connectivity index (χ1n) is 4.89. The summed E-state index contributed by atoms with van der Waals surface area (Å²) < 4.78 is 0. The number of carbonyl (C=O) groups is 1. The zero-order chi connectivity index (χ0) is 11.3. The van der Waals surface area contributed by atoms with Gasteiger partial charge < -0.3 is 10.2 Å². The first-order chi connectivity index (χ1) is 7.70. The molecule has 0 heterocycles. The van der Waals surface area contributed by atoms with E-state index in [9.17, 15) is 15.0 Å². The summed E-state index contributed by atoms with van der Waals surface area (Å²) in [5.41, 5.74) is 1.74. The van der Waals surface area contributed by atoms with Crippen molar-refractivity contribution in [2.24, 2.45) is 0 Å². The van der Waals surface area contributed by atoms with Gasteiger partial charge in [-0.3, -0.25) is 4.79 Å². The van der Waals surface area contributed by atoms with Gasteiger partial charge in [0.15, 0.2) is 5.78 Å². The Morgan fingerprint density at radius 2 is 1.19 bits per heavy atom. The maximum atomic E-state index is 12.0. The number of benzene rings is 2. The van der Waals surface area contributed by atoms with Crippen LogP contribution in [-0.4, -0.2) is 16.0 Å². The van der Waals surface area contributed by atoms with E-state index >= 15 is 0 Å². The Morgan fingerprint density at radius 3 is 1.62 bits per heavy atom. The van der Waals surface area contributed by atoms with Gasteiger partial charge in [-0.05, 0) is 12.1 Å². The van der Waals surface area contributed by atoms with Gasteiger partial charge in [0.1, 0.15) is 11.5 Å². The molecule has 0 bridgehead atoms. The van der Waals surface area contributed by atoms with Gasteiger partial charge >= 0.3 is 0 Å². The quantitative estimate of drug-likeness (QED) is 0.601. The minimum Gasteiger partial charge on any atom is -0.507 e. The van der Waals surface area contributed by atoms with E-state index in [4.69, 9.17) is 0 Å². The smallest absolute Gasteiger partial charge is 0.194 e. The molecule has 2 N–H and O–H groups in total. The second kappa shape index (κ2) is 2.85. The van der Waals surface area contributed by atoms with Crippen molar-refractivity contribution in [3.8, 4) is 22.6 Å². The number of phenolic OH excluding ortho intramolecular Hbond substituents is 2. The summed E-state index contributed by atoms with van der Waals surface area (Å²) in [4.78, 5) is 12.0. The molecule has 0 radical (unpaired) electrons. The van der Waals surface area contributed by atoms with Crippen LogP contribution in [0, 0.1) is 0 Å². The van der Waals surface area contributed by atoms with E-state index in [-0.39, 0.29) is 17.3 Å². The first-order valence-corrected chi connectivity index (χ1v) is 4.89. The van der Waals surface area contributed by atoms with Crippen LogP contribution in [-0.2, 0) is 0 Å². The van der Waals surface area contributed by atoms with E-state index in [1.807, 2.05) is 0 Å². The lowest BCUT2D eigenvalue weighted by Gasteiger charge is -2.04. The molecule has 3 rings (SSSR count). The van der Waals surface area contributed by atoms with E-state index in [2.05, 4.69) is 0 Å². The topological polar surface area (TPSA) is 57.5 Å². The molecule has 0 fully saturated rings. The summed E-state index contributed by atoms with van der Waals surface area (Å²) in [6, 6.07) is 9.55. The third kappa shape index (κ3) is 0.945. The molecule has 2 aromatic rings. The first kappa shape index (κ1) is 8.97. The fourth-order valence-corrected chi connectivity index (χ4v) is 2.13. The Hall–Kier alpha value is -2.29. The normalized spacial score (nSPS) is 12.4. The van der Waals surface area contributed by atoms with Crippen molar-refractivity contribution in [3.63, 3.8) is 0 Å². The van der Waals surface area contributed by atoms with Crippen LogP contribution < -0.4 is 0 Å². The molecule has 16 heavy (non-hydrogen) atoms. The number of phenols is 2. The molecule has 0 saturated heterocycles. The highest BCUT2D eigenvalue weighted by molar-refractivity contribution is 6.23. The standard InChI is InChI=1S/C13H8O3/c14-9-5-1-3-7-11(9)12-8(13(7)16)4-2-6-10(12)15/h1-6,14-15H. The van der Waals surface area contributed by atoms with Crippen molar-refractivity contribution in [1.82, 2.24) is 0 Å². The maximum absolute atomic E-state index is 12.0. The number of hydrogen-bond donors (Lipinski definition) is 2. The van der Waals surface area contributed by atoms with Crippen LogP contribution in [0.5, 0.6) is 11.5 Å². The number of fused-ring (bicyclic) bond motifs is 3. The van der Waals surface area contributed by atoms with Gasteiger partial charge in [-0.2, -0.15) is 0 Å². The number of ketones is 1. The third-order valence-corrected chi connectivity index (χ3v) is 2.82. The van der Waals surface area contributed by atoms with Crippen LogP contribution in [0.2, 0.25) is 0 Å². The molecule has 78 valence electrons. The van der Waals surface area contributed by atoms with Gasteiger partial charge in [0, 0.05) is 22.3 Å². The average molecular weight is 212 g/mol. The Balaban J connectivity index is 2.48. The number of aromatic hydroxyl groups is 2. The molecule has 0 atom stereocenters. The van der Waals surface area contributed by atoms with Crippen molar-refractivity contribution in [2.45, 2.75) is 0 Å². The molecule has 1 aliphatic carbocycles. The second-order valence-electron chi connectivity index (χ2n) is 3.73. The molecule has 0 aliphatic heterocycles. The molecule has 3 nitrogen and oxygen atoms in total. The molecule has 0 saturated carbocycles. The molecule has 0 amide bonds. The molecule has 0 aromatic heterocycles. The van der Waals surface area contributed by atoms with Gasteiger partial charge in [0.05, 0.1) is 0 Å². The molecular formula is C13H8O3. The lowest BCUT2D eigenvalue weighted by Crippen LogP contribution is -1.93. The molecule has 2 aromatic carbocycles. The summed E-state index contributed by atoms with van der Waals surface area (Å²) in [5.74, 6) is -0.117. The van der Waals surface area contributed by atoms with E-state index in [0.29, 0.717) is 22.3 Å². The van der Waals surface area contributed by atoms with Crippen LogP contribution in [0.25, 0.3) is 11.1 Å². The minimum absolute atomic E-state index is 0.0195. The Bertz CT molecular complexity index is 561. The summed E-state index contributed by atoms with van der Waals surface area (Å²) in [6.07, 6.45) is 0. The van der Waals surface area contributed by atoms with Crippen molar-refractivity contribution < 1.29 is 15.0 Å². The highest BCUT2D eigenvalue weighted by Gasteiger charge is 2.30. The van der Waals surface area contributed by atoms with Crippen LogP contribution >= 0.6 is 0 Å². The zero-order valence-corrected chi connectivity index (χ0v) is 8.27. The zero-order valence-electron chi connectivity index (χ0n) is 8.27. The Morgan fingerprint density at radius 1 is 0.750 bits per heavy atom.